The molecule has 2 unspecified atom stereocenters. The minimum Gasteiger partial charge on any atom is -0.497 e. The molecule has 0 radical (unpaired) electrons. The normalized spacial score (nSPS) is 19.8. The first-order chi connectivity index (χ1) is 12.2. The van der Waals surface area contributed by atoms with E-state index in [2.05, 4.69) is 21.2 Å². The highest BCUT2D eigenvalue weighted by atomic mass is 32.1. The molecule has 1 amide bonds. The summed E-state index contributed by atoms with van der Waals surface area (Å²) < 4.78 is 5.18. The lowest BCUT2D eigenvalue weighted by Gasteiger charge is -2.11. The van der Waals surface area contributed by atoms with Crippen molar-refractivity contribution in [3.63, 3.8) is 0 Å². The van der Waals surface area contributed by atoms with Crippen LogP contribution in [-0.4, -0.2) is 30.6 Å². The zero-order valence-corrected chi connectivity index (χ0v) is 15.4. The third-order valence-corrected chi connectivity index (χ3v) is 5.46. The number of aromatic nitrogens is 1. The van der Waals surface area contributed by atoms with Crippen LogP contribution in [-0.2, 0) is 11.2 Å². The van der Waals surface area contributed by atoms with Crippen LogP contribution < -0.4 is 20.9 Å². The highest BCUT2D eigenvalue weighted by Crippen LogP contribution is 2.24. The van der Waals surface area contributed by atoms with Crippen molar-refractivity contribution in [2.24, 2.45) is 0 Å². The van der Waals surface area contributed by atoms with Crippen molar-refractivity contribution in [1.29, 1.82) is 0 Å². The number of methoxy groups -OCH3 is 1. The molecule has 2 heterocycles. The third-order valence-electron chi connectivity index (χ3n) is 4.46. The van der Waals surface area contributed by atoms with Crippen molar-refractivity contribution in [2.75, 3.05) is 13.7 Å². The van der Waals surface area contributed by atoms with Gasteiger partial charge in [-0.3, -0.25) is 4.79 Å². The number of hydrogen-bond acceptors (Lipinski definition) is 6. The second-order valence-electron chi connectivity index (χ2n) is 6.16. The molecule has 1 saturated heterocycles. The van der Waals surface area contributed by atoms with Crippen molar-refractivity contribution in [2.45, 2.75) is 38.3 Å². The van der Waals surface area contributed by atoms with Crippen LogP contribution in [0.1, 0.15) is 35.0 Å². The van der Waals surface area contributed by atoms with Crippen molar-refractivity contribution in [3.05, 3.63) is 45.9 Å². The smallest absolute Gasteiger partial charge is 0.238 e. The monoisotopic (exact) mass is 360 g/mol. The second-order valence-corrected chi connectivity index (χ2v) is 7.10. The molecule has 3 N–H and O–H groups in total. The summed E-state index contributed by atoms with van der Waals surface area (Å²) in [7, 11) is 1.65. The lowest BCUT2D eigenvalue weighted by Crippen LogP contribution is -2.43. The van der Waals surface area contributed by atoms with Gasteiger partial charge in [0.15, 0.2) is 0 Å². The predicted molar refractivity (Wildman–Crippen MR) is 98.6 cm³/mol. The van der Waals surface area contributed by atoms with E-state index in [0.717, 1.165) is 36.3 Å². The molecule has 1 fully saturated rings. The molecule has 0 bridgehead atoms. The van der Waals surface area contributed by atoms with Gasteiger partial charge in [0.1, 0.15) is 11.8 Å². The van der Waals surface area contributed by atoms with Gasteiger partial charge >= 0.3 is 0 Å². The fourth-order valence-corrected chi connectivity index (χ4v) is 3.76. The molecular formula is C18H24N4O2S. The van der Waals surface area contributed by atoms with Gasteiger partial charge in [-0.1, -0.05) is 12.1 Å². The highest BCUT2D eigenvalue weighted by molar-refractivity contribution is 7.09. The molecule has 0 saturated carbocycles. The van der Waals surface area contributed by atoms with Crippen molar-refractivity contribution in [1.82, 2.24) is 21.2 Å². The van der Waals surface area contributed by atoms with Crippen LogP contribution >= 0.6 is 11.3 Å². The van der Waals surface area contributed by atoms with Crippen LogP contribution in [0.3, 0.4) is 0 Å². The van der Waals surface area contributed by atoms with Gasteiger partial charge in [-0.15, -0.1) is 11.3 Å². The summed E-state index contributed by atoms with van der Waals surface area (Å²) in [5.74, 6) is 0.879. The maximum Gasteiger partial charge on any atom is 0.238 e. The number of benzene rings is 1. The number of rotatable bonds is 7. The zero-order valence-electron chi connectivity index (χ0n) is 14.5. The van der Waals surface area contributed by atoms with Crippen LogP contribution in [0.5, 0.6) is 5.75 Å². The number of carbonyl (C=O) groups is 1. The lowest BCUT2D eigenvalue weighted by molar-refractivity contribution is -0.122. The molecule has 0 aliphatic carbocycles. The fourth-order valence-electron chi connectivity index (χ4n) is 2.93. The molecule has 0 spiro atoms. The SMILES string of the molecule is COc1ccc(C2CC(C(=O)NCCCc3scnc3C)NN2)cc1. The van der Waals surface area contributed by atoms with Crippen LogP contribution in [0.2, 0.25) is 0 Å². The van der Waals surface area contributed by atoms with E-state index in [1.165, 1.54) is 4.88 Å². The van der Waals surface area contributed by atoms with Crippen molar-refractivity contribution < 1.29 is 9.53 Å². The topological polar surface area (TPSA) is 75.3 Å². The first-order valence-electron chi connectivity index (χ1n) is 8.49. The number of nitrogens with one attached hydrogen (secondary N) is 3. The van der Waals surface area contributed by atoms with Crippen LogP contribution in [0.25, 0.3) is 0 Å². The molecule has 1 aromatic carbocycles. The van der Waals surface area contributed by atoms with E-state index in [1.54, 1.807) is 18.4 Å². The van der Waals surface area contributed by atoms with E-state index < -0.39 is 0 Å². The Morgan fingerprint density at radius 1 is 1.36 bits per heavy atom. The molecule has 134 valence electrons. The molecule has 2 atom stereocenters. The minimum absolute atomic E-state index is 0.0459. The summed E-state index contributed by atoms with van der Waals surface area (Å²) in [6.07, 6.45) is 2.62. The minimum atomic E-state index is -0.211. The number of hydrazine groups is 1. The Kier molecular flexibility index (Phi) is 6.01. The van der Waals surface area contributed by atoms with Gasteiger partial charge in [0.05, 0.1) is 18.3 Å². The highest BCUT2D eigenvalue weighted by Gasteiger charge is 2.29. The Bertz CT molecular complexity index is 701. The number of hydrogen-bond donors (Lipinski definition) is 3. The molecular weight excluding hydrogens is 336 g/mol. The molecule has 2 aromatic rings. The number of nitrogens with zero attached hydrogens (tertiary/aromatic N) is 1. The third kappa shape index (κ3) is 4.56. The number of carbonyl (C=O) groups excluding carboxylic acids is 1. The van der Waals surface area contributed by atoms with Crippen molar-refractivity contribution in [3.8, 4) is 5.75 Å². The quantitative estimate of drug-likeness (QED) is 0.660. The average Bonchev–Trinajstić information content (AvgIpc) is 3.28. The summed E-state index contributed by atoms with van der Waals surface area (Å²) >= 11 is 1.68. The van der Waals surface area contributed by atoms with Crippen molar-refractivity contribution >= 4 is 17.2 Å². The zero-order chi connectivity index (χ0) is 17.6. The van der Waals surface area contributed by atoms with Gasteiger partial charge in [0.2, 0.25) is 5.91 Å². The summed E-state index contributed by atoms with van der Waals surface area (Å²) in [5, 5.41) is 3.02. The summed E-state index contributed by atoms with van der Waals surface area (Å²) in [4.78, 5) is 17.9. The van der Waals surface area contributed by atoms with E-state index in [9.17, 15) is 4.79 Å². The van der Waals surface area contributed by atoms with Gasteiger partial charge in [0, 0.05) is 17.5 Å². The maximum atomic E-state index is 12.3. The van der Waals surface area contributed by atoms with Gasteiger partial charge in [-0.05, 0) is 43.9 Å². The van der Waals surface area contributed by atoms with Gasteiger partial charge < -0.3 is 10.1 Å². The fraction of sp³-hybridized carbons (Fsp3) is 0.444. The van der Waals surface area contributed by atoms with Gasteiger partial charge in [0.25, 0.3) is 0 Å². The molecule has 1 aliphatic rings. The molecule has 1 aliphatic heterocycles. The first-order valence-corrected chi connectivity index (χ1v) is 9.37. The van der Waals surface area contributed by atoms with Crippen LogP contribution in [0.4, 0.5) is 0 Å². The molecule has 6 nitrogen and oxygen atoms in total. The number of thiazole rings is 1. The first kappa shape index (κ1) is 17.8. The average molecular weight is 360 g/mol. The molecule has 3 rings (SSSR count). The van der Waals surface area contributed by atoms with E-state index in [4.69, 9.17) is 4.74 Å². The summed E-state index contributed by atoms with van der Waals surface area (Å²) in [5.41, 5.74) is 10.4. The molecule has 25 heavy (non-hydrogen) atoms. The van der Waals surface area contributed by atoms with E-state index in [0.29, 0.717) is 6.54 Å². The van der Waals surface area contributed by atoms with E-state index >= 15 is 0 Å². The number of aryl methyl sites for hydroxylation is 2. The maximum absolute atomic E-state index is 12.3. The standard InChI is InChI=1S/C18H24N4O2S/c1-12-17(25-11-20-12)4-3-9-19-18(23)16-10-15(21-22-16)13-5-7-14(24-2)8-6-13/h5-8,11,15-16,21-22H,3-4,9-10H2,1-2H3,(H,19,23). The molecule has 7 heteroatoms. The Labute approximate surface area is 152 Å². The summed E-state index contributed by atoms with van der Waals surface area (Å²) in [6, 6.07) is 7.84. The largest absolute Gasteiger partial charge is 0.497 e. The van der Waals surface area contributed by atoms with E-state index in [1.807, 2.05) is 36.7 Å². The Morgan fingerprint density at radius 2 is 2.16 bits per heavy atom. The van der Waals surface area contributed by atoms with E-state index in [-0.39, 0.29) is 18.0 Å². The predicted octanol–water partition coefficient (Wildman–Crippen LogP) is 2.12. The Balaban J connectivity index is 1.41. The Hall–Kier alpha value is -1.96. The van der Waals surface area contributed by atoms with Gasteiger partial charge in [-0.2, -0.15) is 0 Å². The molecule has 1 aromatic heterocycles. The van der Waals surface area contributed by atoms with Gasteiger partial charge in [-0.25, -0.2) is 15.8 Å². The van der Waals surface area contributed by atoms with Crippen LogP contribution in [0, 0.1) is 6.92 Å². The van der Waals surface area contributed by atoms with Crippen LogP contribution in [0.15, 0.2) is 29.8 Å². The summed E-state index contributed by atoms with van der Waals surface area (Å²) in [6.45, 7) is 2.71. The number of amides is 1. The lowest BCUT2D eigenvalue weighted by atomic mass is 10.0. The second kappa shape index (κ2) is 8.42. The number of ether oxygens (including phenoxy) is 1. The Morgan fingerprint density at radius 3 is 2.84 bits per heavy atom.